The van der Waals surface area contributed by atoms with Gasteiger partial charge in [-0.3, -0.25) is 9.80 Å². The molecule has 0 spiro atoms. The van der Waals surface area contributed by atoms with Crippen LogP contribution in [0.5, 0.6) is 0 Å². The third-order valence-electron chi connectivity index (χ3n) is 2.70. The number of halogens is 1. The van der Waals surface area contributed by atoms with Gasteiger partial charge in [0.2, 0.25) is 0 Å². The zero-order valence-electron chi connectivity index (χ0n) is 11.1. The summed E-state index contributed by atoms with van der Waals surface area (Å²) in [4.78, 5) is 11.9. The lowest BCUT2D eigenvalue weighted by molar-refractivity contribution is 0.0948. The summed E-state index contributed by atoms with van der Waals surface area (Å²) in [5.74, 6) is 0.466. The molecule has 1 atom stereocenters. The number of carbonyl (C=O) groups excluding carboxylic acids is 1. The van der Waals surface area contributed by atoms with E-state index in [0.29, 0.717) is 16.5 Å². The fourth-order valence-corrected chi connectivity index (χ4v) is 1.43. The van der Waals surface area contributed by atoms with Crippen molar-refractivity contribution >= 4 is 23.6 Å². The molecule has 3 nitrogen and oxygen atoms in total. The minimum Gasteiger partial charge on any atom is -0.293 e. The summed E-state index contributed by atoms with van der Waals surface area (Å²) in [5, 5.41) is 6.53. The zero-order chi connectivity index (χ0) is 13.5. The molecule has 1 rings (SSSR count). The number of benzene rings is 1. The average molecular weight is 267 g/mol. The highest BCUT2D eigenvalue weighted by atomic mass is 35.5. The van der Waals surface area contributed by atoms with E-state index in [4.69, 9.17) is 11.6 Å². The summed E-state index contributed by atoms with van der Waals surface area (Å²) in [6.07, 6.45) is 2.91. The molecule has 4 heteroatoms. The summed E-state index contributed by atoms with van der Waals surface area (Å²) >= 11 is 5.78. The van der Waals surface area contributed by atoms with Crippen molar-refractivity contribution < 1.29 is 4.79 Å². The summed E-state index contributed by atoms with van der Waals surface area (Å²) in [6, 6.07) is 6.90. The maximum atomic E-state index is 11.9. The number of ketones is 1. The molecule has 0 aliphatic carbocycles. The number of Topliss-reactive ketones (excluding diaryl/α,β-unsaturated/α-hetero) is 1. The summed E-state index contributed by atoms with van der Waals surface area (Å²) in [5.41, 5.74) is 0.657. The first kappa shape index (κ1) is 14.7. The molecule has 0 N–H and O–H groups in total. The molecule has 0 bridgehead atoms. The molecule has 1 aromatic rings. The SMILES string of the molecule is CCC(C)/C=N\N(C)CC(=O)c1ccc(Cl)cc1. The standard InChI is InChI=1S/C14H19ClN2O/c1-4-11(2)9-16-17(3)10-14(18)12-5-7-13(15)8-6-12/h5-9,11H,4,10H2,1-3H3/b16-9-. The predicted octanol–water partition coefficient (Wildman–Crippen LogP) is 3.49. The number of nitrogens with zero attached hydrogens (tertiary/aromatic N) is 2. The Morgan fingerprint density at radius 1 is 1.44 bits per heavy atom. The number of carbonyl (C=O) groups is 1. The van der Waals surface area contributed by atoms with Crippen molar-refractivity contribution in [1.29, 1.82) is 0 Å². The van der Waals surface area contributed by atoms with Gasteiger partial charge >= 0.3 is 0 Å². The second-order valence-electron chi connectivity index (χ2n) is 4.40. The Kier molecular flexibility index (Phi) is 5.86. The summed E-state index contributed by atoms with van der Waals surface area (Å²) in [6.45, 7) is 4.47. The van der Waals surface area contributed by atoms with Crippen LogP contribution >= 0.6 is 11.6 Å². The zero-order valence-corrected chi connectivity index (χ0v) is 11.8. The Balaban J connectivity index is 2.54. The molecule has 0 saturated heterocycles. The number of hydrogen-bond acceptors (Lipinski definition) is 3. The van der Waals surface area contributed by atoms with Crippen LogP contribution in [0.4, 0.5) is 0 Å². The number of hydrazone groups is 1. The van der Waals surface area contributed by atoms with Gasteiger partial charge in [-0.25, -0.2) is 0 Å². The van der Waals surface area contributed by atoms with Crippen molar-refractivity contribution in [1.82, 2.24) is 5.01 Å². The van der Waals surface area contributed by atoms with Gasteiger partial charge in [0, 0.05) is 23.8 Å². The lowest BCUT2D eigenvalue weighted by atomic mass is 10.1. The fourth-order valence-electron chi connectivity index (χ4n) is 1.31. The molecule has 0 radical (unpaired) electrons. The van der Waals surface area contributed by atoms with E-state index in [-0.39, 0.29) is 12.3 Å². The molecular formula is C14H19ClN2O. The molecule has 98 valence electrons. The van der Waals surface area contributed by atoms with Crippen LogP contribution in [-0.2, 0) is 0 Å². The average Bonchev–Trinajstić information content (AvgIpc) is 2.36. The molecule has 0 aromatic heterocycles. The quantitative estimate of drug-likeness (QED) is 0.449. The largest absolute Gasteiger partial charge is 0.293 e. The second-order valence-corrected chi connectivity index (χ2v) is 4.83. The molecule has 0 heterocycles. The van der Waals surface area contributed by atoms with Crippen molar-refractivity contribution in [2.75, 3.05) is 13.6 Å². The topological polar surface area (TPSA) is 32.7 Å². The minimum absolute atomic E-state index is 0.0375. The van der Waals surface area contributed by atoms with Gasteiger partial charge in [0.25, 0.3) is 0 Å². The molecule has 18 heavy (non-hydrogen) atoms. The first-order chi connectivity index (χ1) is 8.52. The van der Waals surface area contributed by atoms with E-state index in [1.165, 1.54) is 0 Å². The van der Waals surface area contributed by atoms with Crippen molar-refractivity contribution in [2.45, 2.75) is 20.3 Å². The lowest BCUT2D eigenvalue weighted by Crippen LogP contribution is -2.21. The van der Waals surface area contributed by atoms with Gasteiger partial charge < -0.3 is 0 Å². The summed E-state index contributed by atoms with van der Waals surface area (Å²) in [7, 11) is 1.80. The van der Waals surface area contributed by atoms with Crippen LogP contribution < -0.4 is 0 Å². The Labute approximate surface area is 113 Å². The first-order valence-electron chi connectivity index (χ1n) is 6.07. The lowest BCUT2D eigenvalue weighted by Gasteiger charge is -2.12. The second kappa shape index (κ2) is 7.17. The maximum absolute atomic E-state index is 11.9. The molecule has 0 fully saturated rings. The van der Waals surface area contributed by atoms with Crippen molar-refractivity contribution in [3.63, 3.8) is 0 Å². The molecular weight excluding hydrogens is 248 g/mol. The van der Waals surface area contributed by atoms with E-state index in [2.05, 4.69) is 18.9 Å². The van der Waals surface area contributed by atoms with Crippen molar-refractivity contribution in [3.05, 3.63) is 34.9 Å². The van der Waals surface area contributed by atoms with E-state index in [1.54, 1.807) is 36.3 Å². The highest BCUT2D eigenvalue weighted by molar-refractivity contribution is 6.30. The van der Waals surface area contributed by atoms with E-state index in [0.717, 1.165) is 6.42 Å². The highest BCUT2D eigenvalue weighted by Gasteiger charge is 2.07. The first-order valence-corrected chi connectivity index (χ1v) is 6.44. The molecule has 1 unspecified atom stereocenters. The van der Waals surface area contributed by atoms with Crippen molar-refractivity contribution in [3.8, 4) is 0 Å². The van der Waals surface area contributed by atoms with Gasteiger partial charge in [-0.1, -0.05) is 25.4 Å². The molecule has 0 amide bonds. The number of hydrogen-bond donors (Lipinski definition) is 0. The Bertz CT molecular complexity index is 414. The molecule has 0 saturated carbocycles. The van der Waals surface area contributed by atoms with Gasteiger partial charge in [-0.15, -0.1) is 0 Å². The van der Waals surface area contributed by atoms with Crippen LogP contribution in [0.3, 0.4) is 0 Å². The molecule has 0 aliphatic heterocycles. The Morgan fingerprint density at radius 2 is 2.06 bits per heavy atom. The Morgan fingerprint density at radius 3 is 2.61 bits per heavy atom. The summed E-state index contributed by atoms with van der Waals surface area (Å²) < 4.78 is 0. The van der Waals surface area contributed by atoms with Crippen LogP contribution in [0.15, 0.2) is 29.4 Å². The number of likely N-dealkylation sites (N-methyl/N-ethyl adjacent to an activating group) is 1. The van der Waals surface area contributed by atoms with Crippen molar-refractivity contribution in [2.24, 2.45) is 11.0 Å². The van der Waals surface area contributed by atoms with Crippen LogP contribution in [-0.4, -0.2) is 30.6 Å². The predicted molar refractivity (Wildman–Crippen MR) is 76.4 cm³/mol. The van der Waals surface area contributed by atoms with E-state index in [9.17, 15) is 4.79 Å². The van der Waals surface area contributed by atoms with Gasteiger partial charge in [-0.2, -0.15) is 5.10 Å². The highest BCUT2D eigenvalue weighted by Crippen LogP contribution is 2.10. The van der Waals surface area contributed by atoms with Crippen LogP contribution in [0.2, 0.25) is 5.02 Å². The van der Waals surface area contributed by atoms with Crippen LogP contribution in [0.25, 0.3) is 0 Å². The van der Waals surface area contributed by atoms with Gasteiger partial charge in [0.05, 0.1) is 6.54 Å². The van der Waals surface area contributed by atoms with E-state index < -0.39 is 0 Å². The normalized spacial score (nSPS) is 12.7. The monoisotopic (exact) mass is 266 g/mol. The van der Waals surface area contributed by atoms with Crippen LogP contribution in [0, 0.1) is 5.92 Å². The maximum Gasteiger partial charge on any atom is 0.183 e. The van der Waals surface area contributed by atoms with E-state index in [1.807, 2.05) is 6.21 Å². The fraction of sp³-hybridized carbons (Fsp3) is 0.429. The van der Waals surface area contributed by atoms with Gasteiger partial charge in [0.1, 0.15) is 0 Å². The minimum atomic E-state index is 0.0375. The third-order valence-corrected chi connectivity index (χ3v) is 2.95. The van der Waals surface area contributed by atoms with E-state index >= 15 is 0 Å². The van der Waals surface area contributed by atoms with Gasteiger partial charge in [0.15, 0.2) is 5.78 Å². The molecule has 0 aliphatic rings. The Hall–Kier alpha value is -1.35. The molecule has 1 aromatic carbocycles. The van der Waals surface area contributed by atoms with Gasteiger partial charge in [-0.05, 0) is 36.6 Å². The third kappa shape index (κ3) is 4.88. The number of rotatable bonds is 6. The smallest absolute Gasteiger partial charge is 0.183 e. The van der Waals surface area contributed by atoms with Crippen LogP contribution in [0.1, 0.15) is 30.6 Å².